The third kappa shape index (κ3) is 3.43. The molecule has 23 heavy (non-hydrogen) atoms. The van der Waals surface area contributed by atoms with Gasteiger partial charge in [0.1, 0.15) is 4.75 Å². The normalized spacial score (nSPS) is 12.9. The molecule has 0 bridgehead atoms. The van der Waals surface area contributed by atoms with E-state index in [4.69, 9.17) is 5.26 Å². The summed E-state index contributed by atoms with van der Waals surface area (Å²) in [5.41, 5.74) is 2.70. The van der Waals surface area contributed by atoms with Crippen LogP contribution < -0.4 is 0 Å². The lowest BCUT2D eigenvalue weighted by molar-refractivity contribution is -0.139. The first-order valence-corrected chi connectivity index (χ1v) is 7.73. The highest BCUT2D eigenvalue weighted by Crippen LogP contribution is 2.38. The van der Waals surface area contributed by atoms with E-state index in [2.05, 4.69) is 6.07 Å². The van der Waals surface area contributed by atoms with E-state index < -0.39 is 10.7 Å². The Kier molecular flexibility index (Phi) is 4.87. The Hall–Kier alpha value is -2.58. The molecule has 0 saturated carbocycles. The summed E-state index contributed by atoms with van der Waals surface area (Å²) in [6.07, 6.45) is 0. The minimum absolute atomic E-state index is 0.256. The van der Waals surface area contributed by atoms with Gasteiger partial charge in [0.05, 0.1) is 11.6 Å². The summed E-state index contributed by atoms with van der Waals surface area (Å²) in [5.74, 6) is -1.07. The molecule has 1 N–H and O–H groups in total. The Labute approximate surface area is 138 Å². The fourth-order valence-electron chi connectivity index (χ4n) is 2.31. The molecule has 4 nitrogen and oxygen atoms in total. The van der Waals surface area contributed by atoms with Crippen molar-refractivity contribution in [3.8, 4) is 17.2 Å². The maximum Gasteiger partial charge on any atom is 0.324 e. The fourth-order valence-corrected chi connectivity index (χ4v) is 3.23. The Morgan fingerprint density at radius 3 is 2.26 bits per heavy atom. The predicted octanol–water partition coefficient (Wildman–Crippen LogP) is 3.80. The molecule has 0 aliphatic heterocycles. The SMILES string of the molecule is CC(=O)SC(C)(C(=O)O)c1ccc(-c2ccccc2C#N)cc1. The second kappa shape index (κ2) is 6.67. The van der Waals surface area contributed by atoms with Crippen molar-refractivity contribution < 1.29 is 14.7 Å². The molecule has 0 spiro atoms. The molecule has 0 amide bonds. The number of carbonyl (C=O) groups excluding carboxylic acids is 1. The Bertz CT molecular complexity index is 793. The highest BCUT2D eigenvalue weighted by Gasteiger charge is 2.37. The second-order valence-corrected chi connectivity index (χ2v) is 6.76. The Morgan fingerprint density at radius 2 is 1.74 bits per heavy atom. The van der Waals surface area contributed by atoms with E-state index in [-0.39, 0.29) is 5.12 Å². The van der Waals surface area contributed by atoms with E-state index in [1.165, 1.54) is 13.8 Å². The molecular formula is C18H15NO3S. The van der Waals surface area contributed by atoms with E-state index in [9.17, 15) is 14.7 Å². The number of benzene rings is 2. The van der Waals surface area contributed by atoms with Crippen LogP contribution in [0.25, 0.3) is 11.1 Å². The maximum absolute atomic E-state index is 11.6. The second-order valence-electron chi connectivity index (χ2n) is 5.17. The lowest BCUT2D eigenvalue weighted by Gasteiger charge is -2.23. The molecule has 1 atom stereocenters. The lowest BCUT2D eigenvalue weighted by atomic mass is 9.95. The highest BCUT2D eigenvalue weighted by atomic mass is 32.2. The van der Waals surface area contributed by atoms with Gasteiger partial charge in [0.15, 0.2) is 5.12 Å². The van der Waals surface area contributed by atoms with Crippen molar-refractivity contribution in [1.29, 1.82) is 5.26 Å². The van der Waals surface area contributed by atoms with Gasteiger partial charge in [-0.2, -0.15) is 5.26 Å². The molecule has 0 saturated heterocycles. The molecule has 0 aromatic heterocycles. The van der Waals surface area contributed by atoms with Crippen LogP contribution in [0.5, 0.6) is 0 Å². The molecule has 1 unspecified atom stereocenters. The van der Waals surface area contributed by atoms with Crippen molar-refractivity contribution in [3.63, 3.8) is 0 Å². The van der Waals surface area contributed by atoms with Crippen LogP contribution in [0.15, 0.2) is 48.5 Å². The van der Waals surface area contributed by atoms with Gasteiger partial charge in [-0.15, -0.1) is 0 Å². The Balaban J connectivity index is 2.45. The summed E-state index contributed by atoms with van der Waals surface area (Å²) in [7, 11) is 0. The van der Waals surface area contributed by atoms with Crippen molar-refractivity contribution in [2.75, 3.05) is 0 Å². The molecule has 2 aromatic rings. The molecule has 0 aliphatic rings. The van der Waals surface area contributed by atoms with Crippen molar-refractivity contribution in [2.45, 2.75) is 18.6 Å². The summed E-state index contributed by atoms with van der Waals surface area (Å²) >= 11 is 0.782. The minimum Gasteiger partial charge on any atom is -0.480 e. The average molecular weight is 325 g/mol. The average Bonchev–Trinajstić information content (AvgIpc) is 2.54. The zero-order valence-electron chi connectivity index (χ0n) is 12.7. The van der Waals surface area contributed by atoms with Crippen LogP contribution in [0, 0.1) is 11.3 Å². The van der Waals surface area contributed by atoms with Crippen LogP contribution >= 0.6 is 11.8 Å². The highest BCUT2D eigenvalue weighted by molar-refractivity contribution is 8.14. The van der Waals surface area contributed by atoms with Crippen molar-refractivity contribution in [3.05, 3.63) is 59.7 Å². The van der Waals surface area contributed by atoms with Gasteiger partial charge in [-0.3, -0.25) is 9.59 Å². The third-order valence-corrected chi connectivity index (χ3v) is 4.66. The molecule has 0 fully saturated rings. The first kappa shape index (κ1) is 16.8. The summed E-state index contributed by atoms with van der Waals surface area (Å²) in [6, 6.07) is 16.3. The van der Waals surface area contributed by atoms with Crippen molar-refractivity contribution in [2.24, 2.45) is 0 Å². The summed E-state index contributed by atoms with van der Waals surface area (Å²) in [5, 5.41) is 18.4. The Morgan fingerprint density at radius 1 is 1.13 bits per heavy atom. The molecular weight excluding hydrogens is 310 g/mol. The van der Waals surface area contributed by atoms with Crippen molar-refractivity contribution >= 4 is 22.8 Å². The number of carboxylic acid groups (broad SMARTS) is 1. The first-order valence-electron chi connectivity index (χ1n) is 6.91. The zero-order chi connectivity index (χ0) is 17.0. The van der Waals surface area contributed by atoms with Gasteiger partial charge in [0.25, 0.3) is 0 Å². The molecule has 2 aromatic carbocycles. The van der Waals surface area contributed by atoms with Crippen LogP contribution in [0.2, 0.25) is 0 Å². The quantitative estimate of drug-likeness (QED) is 0.925. The fraction of sp³-hybridized carbons (Fsp3) is 0.167. The molecule has 2 rings (SSSR count). The number of thioether (sulfide) groups is 1. The molecule has 116 valence electrons. The molecule has 0 aliphatic carbocycles. The van der Waals surface area contributed by atoms with Gasteiger partial charge < -0.3 is 5.11 Å². The zero-order valence-corrected chi connectivity index (χ0v) is 13.6. The third-order valence-electron chi connectivity index (χ3n) is 3.55. The summed E-state index contributed by atoms with van der Waals surface area (Å²) in [4.78, 5) is 23.0. The molecule has 0 radical (unpaired) electrons. The van der Waals surface area contributed by atoms with E-state index >= 15 is 0 Å². The topological polar surface area (TPSA) is 78.2 Å². The number of hydrogen-bond donors (Lipinski definition) is 1. The van der Waals surface area contributed by atoms with Crippen LogP contribution in [0.1, 0.15) is 25.0 Å². The number of rotatable bonds is 4. The van der Waals surface area contributed by atoms with Gasteiger partial charge in [-0.25, -0.2) is 0 Å². The summed E-state index contributed by atoms with van der Waals surface area (Å²) in [6.45, 7) is 2.86. The standard InChI is InChI=1S/C18H15NO3S/c1-12(20)23-18(2,17(21)22)15-9-7-13(8-10-15)16-6-4-3-5-14(16)11-19/h3-10H,1-2H3,(H,21,22). The van der Waals surface area contributed by atoms with Gasteiger partial charge in [-0.05, 0) is 29.7 Å². The number of nitrogens with zero attached hydrogens (tertiary/aromatic N) is 1. The van der Waals surface area contributed by atoms with Gasteiger partial charge in [-0.1, -0.05) is 54.2 Å². The largest absolute Gasteiger partial charge is 0.480 e. The van der Waals surface area contributed by atoms with Gasteiger partial charge in [0, 0.05) is 6.92 Å². The molecule has 0 heterocycles. The number of carbonyl (C=O) groups is 2. The van der Waals surface area contributed by atoms with E-state index in [1.54, 1.807) is 36.4 Å². The number of carboxylic acids is 1. The number of nitriles is 1. The lowest BCUT2D eigenvalue weighted by Crippen LogP contribution is -2.29. The van der Waals surface area contributed by atoms with Gasteiger partial charge >= 0.3 is 5.97 Å². The first-order chi connectivity index (χ1) is 10.9. The van der Waals surface area contributed by atoms with Crippen LogP contribution in [-0.4, -0.2) is 16.2 Å². The van der Waals surface area contributed by atoms with E-state index in [0.717, 1.165) is 22.9 Å². The number of aliphatic carboxylic acids is 1. The summed E-state index contributed by atoms with van der Waals surface area (Å²) < 4.78 is -1.33. The maximum atomic E-state index is 11.6. The smallest absolute Gasteiger partial charge is 0.324 e. The molecule has 5 heteroatoms. The number of hydrogen-bond acceptors (Lipinski definition) is 4. The van der Waals surface area contributed by atoms with Crippen molar-refractivity contribution in [1.82, 2.24) is 0 Å². The van der Waals surface area contributed by atoms with Gasteiger partial charge in [0.2, 0.25) is 0 Å². The van der Waals surface area contributed by atoms with Crippen LogP contribution in [0.3, 0.4) is 0 Å². The monoisotopic (exact) mass is 325 g/mol. The van der Waals surface area contributed by atoms with Crippen LogP contribution in [-0.2, 0) is 14.3 Å². The van der Waals surface area contributed by atoms with E-state index in [1.807, 2.05) is 12.1 Å². The predicted molar refractivity (Wildman–Crippen MR) is 89.9 cm³/mol. The minimum atomic E-state index is -1.33. The van der Waals surface area contributed by atoms with Crippen LogP contribution in [0.4, 0.5) is 0 Å². The van der Waals surface area contributed by atoms with E-state index in [0.29, 0.717) is 11.1 Å².